The zero-order valence-electron chi connectivity index (χ0n) is 15.2. The number of nitrogens with zero attached hydrogens (tertiary/aromatic N) is 2. The Bertz CT molecular complexity index is 840. The number of aryl methyl sites for hydroxylation is 2. The fourth-order valence-electron chi connectivity index (χ4n) is 3.01. The van der Waals surface area contributed by atoms with E-state index in [1.54, 1.807) is 23.1 Å². The SMILES string of the molecule is Cc1noc(C)c1CN1C(=O)C(C(C)C)Oc2ccc(C(=O)CCl)cc21. The maximum atomic E-state index is 13.1. The highest BCUT2D eigenvalue weighted by atomic mass is 35.5. The quantitative estimate of drug-likeness (QED) is 0.588. The van der Waals surface area contributed by atoms with Crippen LogP contribution in [-0.2, 0) is 11.3 Å². The fourth-order valence-corrected chi connectivity index (χ4v) is 3.16. The largest absolute Gasteiger partial charge is 0.478 e. The van der Waals surface area contributed by atoms with Crippen LogP contribution < -0.4 is 9.64 Å². The lowest BCUT2D eigenvalue weighted by molar-refractivity contribution is -0.128. The van der Waals surface area contributed by atoms with Crippen molar-refractivity contribution in [1.29, 1.82) is 0 Å². The number of hydrogen-bond donors (Lipinski definition) is 0. The molecule has 0 aliphatic carbocycles. The van der Waals surface area contributed by atoms with Crippen LogP contribution in [0.4, 0.5) is 5.69 Å². The van der Waals surface area contributed by atoms with Crippen molar-refractivity contribution in [2.75, 3.05) is 10.8 Å². The lowest BCUT2D eigenvalue weighted by Gasteiger charge is -2.36. The van der Waals surface area contributed by atoms with Crippen LogP contribution in [0.2, 0.25) is 0 Å². The number of alkyl halides is 1. The highest BCUT2D eigenvalue weighted by Crippen LogP contribution is 2.38. The van der Waals surface area contributed by atoms with Gasteiger partial charge in [-0.15, -0.1) is 11.6 Å². The number of rotatable bonds is 5. The van der Waals surface area contributed by atoms with Crippen molar-refractivity contribution in [3.8, 4) is 5.75 Å². The number of amides is 1. The Kier molecular flexibility index (Phi) is 5.05. The predicted octanol–water partition coefficient (Wildman–Crippen LogP) is 3.66. The lowest BCUT2D eigenvalue weighted by Crippen LogP contribution is -2.48. The summed E-state index contributed by atoms with van der Waals surface area (Å²) >= 11 is 5.67. The smallest absolute Gasteiger partial charge is 0.268 e. The molecule has 1 amide bonds. The number of halogens is 1. The summed E-state index contributed by atoms with van der Waals surface area (Å²) in [6.45, 7) is 7.83. The van der Waals surface area contributed by atoms with Gasteiger partial charge in [0.25, 0.3) is 5.91 Å². The number of anilines is 1. The van der Waals surface area contributed by atoms with Crippen LogP contribution in [0.5, 0.6) is 5.75 Å². The minimum atomic E-state index is -0.586. The molecule has 0 spiro atoms. The second kappa shape index (κ2) is 7.11. The Hall–Kier alpha value is -2.34. The van der Waals surface area contributed by atoms with E-state index in [-0.39, 0.29) is 23.5 Å². The molecule has 7 heteroatoms. The van der Waals surface area contributed by atoms with Gasteiger partial charge in [0.1, 0.15) is 11.5 Å². The van der Waals surface area contributed by atoms with Crippen molar-refractivity contribution in [3.63, 3.8) is 0 Å². The third-order valence-electron chi connectivity index (χ3n) is 4.56. The van der Waals surface area contributed by atoms with Gasteiger partial charge in [0.2, 0.25) is 0 Å². The van der Waals surface area contributed by atoms with Crippen molar-refractivity contribution in [2.24, 2.45) is 5.92 Å². The molecule has 0 fully saturated rings. The van der Waals surface area contributed by atoms with Gasteiger partial charge in [0.15, 0.2) is 11.9 Å². The van der Waals surface area contributed by atoms with Crippen LogP contribution in [0.25, 0.3) is 0 Å². The Morgan fingerprint density at radius 2 is 2.08 bits per heavy atom. The number of ketones is 1. The van der Waals surface area contributed by atoms with Crippen LogP contribution in [0.15, 0.2) is 22.7 Å². The molecule has 3 rings (SSSR count). The standard InChI is InChI=1S/C19H21ClN2O4/c1-10(2)18-19(24)22(9-14-11(3)21-26-12(14)4)15-7-13(16(23)8-20)5-6-17(15)25-18/h5-7,10,18H,8-9H2,1-4H3. The zero-order chi connectivity index (χ0) is 19.0. The molecule has 1 aliphatic rings. The molecule has 1 unspecified atom stereocenters. The van der Waals surface area contributed by atoms with Crippen LogP contribution in [0.3, 0.4) is 0 Å². The van der Waals surface area contributed by atoms with Gasteiger partial charge in [-0.1, -0.05) is 19.0 Å². The number of fused-ring (bicyclic) bond motifs is 1. The average molecular weight is 377 g/mol. The summed E-state index contributed by atoms with van der Waals surface area (Å²) in [6.07, 6.45) is -0.586. The molecule has 138 valence electrons. The summed E-state index contributed by atoms with van der Waals surface area (Å²) in [6, 6.07) is 5.05. The third kappa shape index (κ3) is 3.21. The minimum Gasteiger partial charge on any atom is -0.478 e. The van der Waals surface area contributed by atoms with E-state index in [1.807, 2.05) is 27.7 Å². The molecule has 0 bridgehead atoms. The molecule has 0 radical (unpaired) electrons. The highest BCUT2D eigenvalue weighted by Gasteiger charge is 2.37. The maximum Gasteiger partial charge on any atom is 0.268 e. The number of aromatic nitrogens is 1. The molecular weight excluding hydrogens is 356 g/mol. The van der Waals surface area contributed by atoms with Gasteiger partial charge in [-0.25, -0.2) is 0 Å². The Morgan fingerprint density at radius 1 is 1.35 bits per heavy atom. The van der Waals surface area contributed by atoms with Crippen LogP contribution >= 0.6 is 11.6 Å². The van der Waals surface area contributed by atoms with Gasteiger partial charge in [-0.05, 0) is 38.0 Å². The summed E-state index contributed by atoms with van der Waals surface area (Å²) in [7, 11) is 0. The first-order valence-corrected chi connectivity index (χ1v) is 9.00. The molecule has 2 heterocycles. The van der Waals surface area contributed by atoms with E-state index in [0.29, 0.717) is 29.3 Å². The summed E-state index contributed by atoms with van der Waals surface area (Å²) in [5.74, 6) is 0.769. The molecule has 26 heavy (non-hydrogen) atoms. The van der Waals surface area contributed by atoms with Crippen LogP contribution in [-0.4, -0.2) is 28.8 Å². The average Bonchev–Trinajstić information content (AvgIpc) is 2.94. The molecule has 0 N–H and O–H groups in total. The first-order chi connectivity index (χ1) is 12.3. The molecule has 6 nitrogen and oxygen atoms in total. The van der Waals surface area contributed by atoms with Crippen molar-refractivity contribution in [1.82, 2.24) is 5.16 Å². The zero-order valence-corrected chi connectivity index (χ0v) is 16.0. The minimum absolute atomic E-state index is 0.00645. The Labute approximate surface area is 157 Å². The van der Waals surface area contributed by atoms with Gasteiger partial charge in [-0.3, -0.25) is 9.59 Å². The number of carbonyl (C=O) groups excluding carboxylic acids is 2. The van der Waals surface area contributed by atoms with Crippen molar-refractivity contribution >= 4 is 29.0 Å². The van der Waals surface area contributed by atoms with E-state index in [1.165, 1.54) is 0 Å². The Balaban J connectivity index is 2.08. The van der Waals surface area contributed by atoms with E-state index in [9.17, 15) is 9.59 Å². The number of carbonyl (C=O) groups is 2. The van der Waals surface area contributed by atoms with Crippen LogP contribution in [0, 0.1) is 19.8 Å². The topological polar surface area (TPSA) is 72.6 Å². The van der Waals surface area contributed by atoms with E-state index in [2.05, 4.69) is 5.16 Å². The predicted molar refractivity (Wildman–Crippen MR) is 97.9 cm³/mol. The molecular formula is C19H21ClN2O4. The van der Waals surface area contributed by atoms with Crippen LogP contribution in [0.1, 0.15) is 41.2 Å². The van der Waals surface area contributed by atoms with Gasteiger partial charge < -0.3 is 14.2 Å². The Morgan fingerprint density at radius 3 is 2.65 bits per heavy atom. The third-order valence-corrected chi connectivity index (χ3v) is 4.80. The molecule has 0 saturated heterocycles. The first kappa shape index (κ1) is 18.5. The monoisotopic (exact) mass is 376 g/mol. The number of hydrogen-bond acceptors (Lipinski definition) is 5. The molecule has 0 saturated carbocycles. The molecule has 2 aromatic rings. The number of ether oxygens (including phenoxy) is 1. The van der Waals surface area contributed by atoms with Gasteiger partial charge in [-0.2, -0.15) is 0 Å². The van der Waals surface area contributed by atoms with Crippen molar-refractivity contribution in [2.45, 2.75) is 40.3 Å². The molecule has 1 atom stereocenters. The van der Waals surface area contributed by atoms with Gasteiger partial charge in [0.05, 0.1) is 23.8 Å². The number of Topliss-reactive ketones (excluding diaryl/α,β-unsaturated/α-hetero) is 1. The van der Waals surface area contributed by atoms with E-state index >= 15 is 0 Å². The second-order valence-corrected chi connectivity index (χ2v) is 7.02. The highest BCUT2D eigenvalue weighted by molar-refractivity contribution is 6.30. The maximum absolute atomic E-state index is 13.1. The van der Waals surface area contributed by atoms with Crippen molar-refractivity contribution < 1.29 is 18.8 Å². The lowest BCUT2D eigenvalue weighted by atomic mass is 10.0. The summed E-state index contributed by atoms with van der Waals surface area (Å²) in [5.41, 5.74) is 2.59. The van der Waals surface area contributed by atoms with Gasteiger partial charge >= 0.3 is 0 Å². The number of benzene rings is 1. The fraction of sp³-hybridized carbons (Fsp3) is 0.421. The van der Waals surface area contributed by atoms with Crippen molar-refractivity contribution in [3.05, 3.63) is 40.8 Å². The van der Waals surface area contributed by atoms with E-state index in [0.717, 1.165) is 11.3 Å². The molecule has 1 aromatic carbocycles. The normalized spacial score (nSPS) is 16.6. The second-order valence-electron chi connectivity index (χ2n) is 6.75. The van der Waals surface area contributed by atoms with E-state index < -0.39 is 6.10 Å². The summed E-state index contributed by atoms with van der Waals surface area (Å²) in [5, 5.41) is 3.96. The van der Waals surface area contributed by atoms with E-state index in [4.69, 9.17) is 20.9 Å². The molecule has 1 aromatic heterocycles. The summed E-state index contributed by atoms with van der Waals surface area (Å²) in [4.78, 5) is 26.7. The first-order valence-electron chi connectivity index (χ1n) is 8.46. The molecule has 1 aliphatic heterocycles. The summed E-state index contributed by atoms with van der Waals surface area (Å²) < 4.78 is 11.1. The van der Waals surface area contributed by atoms with Gasteiger partial charge in [0, 0.05) is 11.1 Å².